The van der Waals surface area contributed by atoms with E-state index in [4.69, 9.17) is 14.8 Å². The molecule has 0 spiro atoms. The van der Waals surface area contributed by atoms with E-state index < -0.39 is 5.60 Å². The van der Waals surface area contributed by atoms with Gasteiger partial charge >= 0.3 is 6.09 Å². The summed E-state index contributed by atoms with van der Waals surface area (Å²) in [4.78, 5) is 24.1. The fraction of sp³-hybridized carbons (Fsp3) is 0.531. The first-order valence-corrected chi connectivity index (χ1v) is 14.4. The predicted octanol–water partition coefficient (Wildman–Crippen LogP) is 5.00. The first kappa shape index (κ1) is 29.7. The third-order valence-electron chi connectivity index (χ3n) is 7.38. The number of likely N-dealkylation sites (N-methyl/N-ethyl adjacent to an activating group) is 1. The van der Waals surface area contributed by atoms with Crippen LogP contribution in [0.3, 0.4) is 0 Å². The lowest BCUT2D eigenvalue weighted by Crippen LogP contribution is -2.58. The van der Waals surface area contributed by atoms with Crippen LogP contribution in [0.1, 0.15) is 61.5 Å². The molecule has 1 aliphatic heterocycles. The summed E-state index contributed by atoms with van der Waals surface area (Å²) in [6.07, 6.45) is 5.93. The van der Waals surface area contributed by atoms with Crippen LogP contribution in [0.5, 0.6) is 0 Å². The van der Waals surface area contributed by atoms with Gasteiger partial charge in [-0.3, -0.25) is 4.90 Å². The van der Waals surface area contributed by atoms with Crippen LogP contribution in [-0.2, 0) is 17.6 Å². The molecule has 40 heavy (non-hydrogen) atoms. The van der Waals surface area contributed by atoms with Gasteiger partial charge < -0.3 is 14.5 Å². The highest BCUT2D eigenvalue weighted by Gasteiger charge is 2.33. The average molecular weight is 547 g/mol. The van der Waals surface area contributed by atoms with Crippen molar-refractivity contribution in [3.63, 3.8) is 0 Å². The summed E-state index contributed by atoms with van der Waals surface area (Å²) >= 11 is 0. The Kier molecular flexibility index (Phi) is 9.31. The molecular formula is C32H46N6O2. The molecule has 0 saturated carbocycles. The van der Waals surface area contributed by atoms with Gasteiger partial charge in [0.25, 0.3) is 0 Å². The molecule has 0 N–H and O–H groups in total. The summed E-state index contributed by atoms with van der Waals surface area (Å²) in [5.41, 5.74) is 7.41. The summed E-state index contributed by atoms with van der Waals surface area (Å²) in [5, 5.41) is 4.72. The molecule has 1 atom stereocenters. The second kappa shape index (κ2) is 12.5. The van der Waals surface area contributed by atoms with Gasteiger partial charge in [-0.2, -0.15) is 5.10 Å². The molecule has 8 heteroatoms. The second-order valence-electron chi connectivity index (χ2n) is 12.2. The van der Waals surface area contributed by atoms with Crippen molar-refractivity contribution in [2.24, 2.45) is 0 Å². The lowest BCUT2D eigenvalue weighted by Gasteiger charge is -2.42. The number of fused-ring (bicyclic) bond motifs is 1. The van der Waals surface area contributed by atoms with E-state index in [-0.39, 0.29) is 12.1 Å². The monoisotopic (exact) mass is 546 g/mol. The van der Waals surface area contributed by atoms with Crippen LogP contribution in [0.4, 0.5) is 4.79 Å². The highest BCUT2D eigenvalue weighted by molar-refractivity contribution is 5.68. The molecule has 3 heterocycles. The molecule has 1 amide bonds. The summed E-state index contributed by atoms with van der Waals surface area (Å²) in [7, 11) is 4.10. The van der Waals surface area contributed by atoms with Crippen molar-refractivity contribution in [2.45, 2.75) is 66.0 Å². The van der Waals surface area contributed by atoms with Crippen LogP contribution >= 0.6 is 0 Å². The fourth-order valence-electron chi connectivity index (χ4n) is 5.32. The van der Waals surface area contributed by atoms with Crippen molar-refractivity contribution in [2.75, 3.05) is 46.8 Å². The Morgan fingerprint density at radius 2 is 1.88 bits per heavy atom. The molecule has 8 nitrogen and oxygen atoms in total. The number of aromatic nitrogens is 3. The topological polar surface area (TPSA) is 66.2 Å². The van der Waals surface area contributed by atoms with Crippen LogP contribution in [0.2, 0.25) is 0 Å². The molecule has 4 rings (SSSR count). The van der Waals surface area contributed by atoms with Gasteiger partial charge in [-0.15, -0.1) is 0 Å². The van der Waals surface area contributed by atoms with Gasteiger partial charge in [-0.25, -0.2) is 14.3 Å². The van der Waals surface area contributed by atoms with Gasteiger partial charge in [0, 0.05) is 56.6 Å². The number of hydrogen-bond donors (Lipinski definition) is 0. The average Bonchev–Trinajstić information content (AvgIpc) is 3.29. The Labute approximate surface area is 239 Å². The third kappa shape index (κ3) is 7.49. The zero-order valence-electron chi connectivity index (χ0n) is 25.6. The number of rotatable bonds is 8. The van der Waals surface area contributed by atoms with Crippen LogP contribution in [-0.4, -0.2) is 93.9 Å². The molecule has 0 radical (unpaired) electrons. The zero-order chi connectivity index (χ0) is 29.0. The minimum absolute atomic E-state index is 0.0993. The Morgan fingerprint density at radius 1 is 1.15 bits per heavy atom. The van der Waals surface area contributed by atoms with E-state index in [2.05, 4.69) is 73.1 Å². The quantitative estimate of drug-likeness (QED) is 0.396. The predicted molar refractivity (Wildman–Crippen MR) is 162 cm³/mol. The normalized spacial score (nSPS) is 16.9. The van der Waals surface area contributed by atoms with Crippen molar-refractivity contribution in [3.8, 4) is 0 Å². The standard InChI is InChI=1S/C32H46N6O2/c1-9-27-20-30-33-23(2)29(24(3)38(30)34-27)19-26-14-12-25(13-15-26)11-10-16-36-17-18-37(28(22-36)21-35(7)8)31(39)40-32(4,5)6/h10-15,20,28H,9,16-19,21-22H2,1-8H3/b11-10+/t28-/m0/s1. The van der Waals surface area contributed by atoms with Gasteiger partial charge in [0.15, 0.2) is 5.65 Å². The number of amides is 1. The van der Waals surface area contributed by atoms with Gasteiger partial charge in [0.05, 0.1) is 11.7 Å². The summed E-state index contributed by atoms with van der Waals surface area (Å²) in [6, 6.07) is 10.9. The molecule has 2 aromatic heterocycles. The van der Waals surface area contributed by atoms with E-state index in [0.717, 1.165) is 61.7 Å². The number of hydrogen-bond acceptors (Lipinski definition) is 6. The highest BCUT2D eigenvalue weighted by atomic mass is 16.6. The van der Waals surface area contributed by atoms with Gasteiger partial charge in [-0.05, 0) is 71.8 Å². The van der Waals surface area contributed by atoms with E-state index in [1.165, 1.54) is 16.7 Å². The van der Waals surface area contributed by atoms with Crippen molar-refractivity contribution >= 4 is 17.8 Å². The molecule has 0 bridgehead atoms. The van der Waals surface area contributed by atoms with Gasteiger partial charge in [0.2, 0.25) is 0 Å². The van der Waals surface area contributed by atoms with E-state index in [1.54, 1.807) is 0 Å². The molecule has 216 valence electrons. The number of carbonyl (C=O) groups excluding carboxylic acids is 1. The smallest absolute Gasteiger partial charge is 0.410 e. The number of nitrogens with zero attached hydrogens (tertiary/aromatic N) is 6. The van der Waals surface area contributed by atoms with Gasteiger partial charge in [-0.1, -0.05) is 43.3 Å². The lowest BCUT2D eigenvalue weighted by atomic mass is 10.0. The maximum Gasteiger partial charge on any atom is 0.410 e. The SMILES string of the molecule is CCc1cc2nc(C)c(Cc3ccc(/C=C/CN4CCN(C(=O)OC(C)(C)C)[C@@H](CN(C)C)C4)cc3)c(C)n2n1. The Hall–Kier alpha value is -3.23. The minimum atomic E-state index is -0.490. The lowest BCUT2D eigenvalue weighted by molar-refractivity contribution is -0.00366. The van der Waals surface area contributed by atoms with Crippen molar-refractivity contribution in [1.82, 2.24) is 29.3 Å². The van der Waals surface area contributed by atoms with Crippen LogP contribution in [0.15, 0.2) is 36.4 Å². The highest BCUT2D eigenvalue weighted by Crippen LogP contribution is 2.21. The maximum atomic E-state index is 12.8. The van der Waals surface area contributed by atoms with Crippen molar-refractivity contribution in [3.05, 3.63) is 70.2 Å². The van der Waals surface area contributed by atoms with Crippen molar-refractivity contribution < 1.29 is 9.53 Å². The van der Waals surface area contributed by atoms with E-state index in [0.29, 0.717) is 6.54 Å². The first-order valence-electron chi connectivity index (χ1n) is 14.4. The summed E-state index contributed by atoms with van der Waals surface area (Å²) < 4.78 is 7.66. The Balaban J connectivity index is 1.36. The number of aryl methyl sites for hydroxylation is 3. The largest absolute Gasteiger partial charge is 0.444 e. The molecule has 1 aromatic carbocycles. The van der Waals surface area contributed by atoms with Crippen molar-refractivity contribution in [1.29, 1.82) is 0 Å². The number of carbonyl (C=O) groups is 1. The van der Waals surface area contributed by atoms with Crippen LogP contribution in [0.25, 0.3) is 11.7 Å². The number of benzene rings is 1. The maximum absolute atomic E-state index is 12.8. The molecule has 1 saturated heterocycles. The van der Waals surface area contributed by atoms with Gasteiger partial charge in [0.1, 0.15) is 5.60 Å². The van der Waals surface area contributed by atoms with E-state index in [1.807, 2.05) is 44.3 Å². The van der Waals surface area contributed by atoms with Crippen LogP contribution in [0, 0.1) is 13.8 Å². The number of piperazine rings is 1. The third-order valence-corrected chi connectivity index (χ3v) is 7.38. The zero-order valence-corrected chi connectivity index (χ0v) is 25.6. The second-order valence-corrected chi connectivity index (χ2v) is 12.2. The summed E-state index contributed by atoms with van der Waals surface area (Å²) in [5.74, 6) is 0. The molecule has 3 aromatic rings. The molecule has 1 aliphatic rings. The van der Waals surface area contributed by atoms with Crippen LogP contribution < -0.4 is 0 Å². The fourth-order valence-corrected chi connectivity index (χ4v) is 5.32. The molecule has 0 aliphatic carbocycles. The molecule has 1 fully saturated rings. The summed E-state index contributed by atoms with van der Waals surface area (Å²) in [6.45, 7) is 16.1. The number of ether oxygens (including phenoxy) is 1. The Bertz CT molecular complexity index is 1340. The van der Waals surface area contributed by atoms with E-state index in [9.17, 15) is 4.79 Å². The molecular weight excluding hydrogens is 500 g/mol. The Morgan fingerprint density at radius 3 is 2.52 bits per heavy atom. The minimum Gasteiger partial charge on any atom is -0.444 e. The van der Waals surface area contributed by atoms with E-state index >= 15 is 0 Å². The molecule has 0 unspecified atom stereocenters. The first-order chi connectivity index (χ1) is 18.9.